The molecule has 0 fully saturated rings. The topological polar surface area (TPSA) is 96.0 Å². The zero-order valence-electron chi connectivity index (χ0n) is 30.8. The SMILES string of the molecule is C=C(C)C[C@@H](NC(=O)c1cc(COc2cc(F)ccc2F)ccc1C(CC(=O)OCOC)O[Si](C(C)C)(C(C)C)C(C)C)c1ccnc(C)c1. The van der Waals surface area contributed by atoms with Crippen molar-refractivity contribution < 1.29 is 37.0 Å². The third-order valence-electron chi connectivity index (χ3n) is 8.92. The van der Waals surface area contributed by atoms with Crippen LogP contribution < -0.4 is 10.1 Å². The number of aryl methyl sites for hydroxylation is 1. The molecule has 1 amide bonds. The number of aromatic nitrogens is 1. The molecule has 0 aliphatic rings. The molecule has 0 bridgehead atoms. The fourth-order valence-electron chi connectivity index (χ4n) is 6.75. The second kappa shape index (κ2) is 18.3. The zero-order chi connectivity index (χ0) is 37.2. The summed E-state index contributed by atoms with van der Waals surface area (Å²) in [6.07, 6.45) is 1.17. The van der Waals surface area contributed by atoms with Crippen molar-refractivity contribution in [3.05, 3.63) is 106 Å². The van der Waals surface area contributed by atoms with Gasteiger partial charge in [0.2, 0.25) is 8.32 Å². The highest BCUT2D eigenvalue weighted by Gasteiger charge is 2.47. The summed E-state index contributed by atoms with van der Waals surface area (Å²) in [5, 5.41) is 3.18. The molecule has 1 N–H and O–H groups in total. The highest BCUT2D eigenvalue weighted by atomic mass is 28.4. The van der Waals surface area contributed by atoms with Crippen LogP contribution in [-0.4, -0.2) is 39.1 Å². The number of hydrogen-bond acceptors (Lipinski definition) is 7. The van der Waals surface area contributed by atoms with Gasteiger partial charge in [-0.2, -0.15) is 0 Å². The molecule has 0 saturated carbocycles. The molecule has 8 nitrogen and oxygen atoms in total. The van der Waals surface area contributed by atoms with Gasteiger partial charge < -0.3 is 24.0 Å². The van der Waals surface area contributed by atoms with Gasteiger partial charge in [0, 0.05) is 30.6 Å². The van der Waals surface area contributed by atoms with E-state index < -0.39 is 44.0 Å². The van der Waals surface area contributed by atoms with Crippen LogP contribution in [0.15, 0.2) is 66.9 Å². The van der Waals surface area contributed by atoms with E-state index in [9.17, 15) is 18.4 Å². The summed E-state index contributed by atoms with van der Waals surface area (Å²) >= 11 is 0. The third-order valence-corrected chi connectivity index (χ3v) is 15.0. The fraction of sp³-hybridized carbons (Fsp3) is 0.462. The Kier molecular flexibility index (Phi) is 14.9. The van der Waals surface area contributed by atoms with E-state index in [-0.39, 0.29) is 47.8 Å². The zero-order valence-corrected chi connectivity index (χ0v) is 31.8. The summed E-state index contributed by atoms with van der Waals surface area (Å²) in [4.78, 5) is 32.0. The summed E-state index contributed by atoms with van der Waals surface area (Å²) in [5.74, 6) is -2.55. The Morgan fingerprint density at radius 2 is 1.62 bits per heavy atom. The fourth-order valence-corrected chi connectivity index (χ4v) is 12.3. The molecular formula is C39H52F2N2O6Si. The number of nitrogens with one attached hydrogen (secondary N) is 1. The number of carbonyl (C=O) groups is 2. The monoisotopic (exact) mass is 710 g/mol. The number of pyridine rings is 1. The average Bonchev–Trinajstić information content (AvgIpc) is 3.04. The highest BCUT2D eigenvalue weighted by molar-refractivity contribution is 6.77. The van der Waals surface area contributed by atoms with Crippen LogP contribution in [-0.2, 0) is 25.3 Å². The van der Waals surface area contributed by atoms with Gasteiger partial charge in [0.25, 0.3) is 5.91 Å². The van der Waals surface area contributed by atoms with Crippen LogP contribution in [0.4, 0.5) is 8.78 Å². The van der Waals surface area contributed by atoms with Crippen molar-refractivity contribution in [2.24, 2.45) is 0 Å². The van der Waals surface area contributed by atoms with Crippen LogP contribution in [0.1, 0.15) is 106 Å². The van der Waals surface area contributed by atoms with Crippen LogP contribution in [0.3, 0.4) is 0 Å². The van der Waals surface area contributed by atoms with Gasteiger partial charge in [0.15, 0.2) is 18.4 Å². The number of methoxy groups -OCH3 is 1. The Morgan fingerprint density at radius 1 is 0.940 bits per heavy atom. The number of ether oxygens (including phenoxy) is 3. The molecule has 0 spiro atoms. The predicted molar refractivity (Wildman–Crippen MR) is 193 cm³/mol. The quantitative estimate of drug-likeness (QED) is 0.0608. The molecule has 3 aromatic rings. The maximum Gasteiger partial charge on any atom is 0.310 e. The van der Waals surface area contributed by atoms with Crippen LogP contribution in [0.25, 0.3) is 0 Å². The number of rotatable bonds is 18. The number of hydrogen-bond donors (Lipinski definition) is 1. The van der Waals surface area contributed by atoms with Crippen molar-refractivity contribution in [2.75, 3.05) is 13.9 Å². The van der Waals surface area contributed by atoms with Crippen molar-refractivity contribution in [3.63, 3.8) is 0 Å². The standard InChI is InChI=1S/C39H52F2N2O6Si/c1-24(2)17-35(30-15-16-42-28(9)18-30)43-39(45)33-19-29(22-47-37-20-31(40)12-14-34(37)41)11-13-32(33)36(21-38(44)48-23-46-10)49-50(25(3)4,26(5)6)27(7)8/h11-16,18-20,25-27,35-36H,1,17,21-23H2,2-10H3,(H,43,45)/t35-,36?/m1/s1. The van der Waals surface area contributed by atoms with Crippen molar-refractivity contribution in [3.8, 4) is 5.75 Å². The second-order valence-electron chi connectivity index (χ2n) is 13.8. The molecule has 1 unspecified atom stereocenters. The minimum atomic E-state index is -2.62. The van der Waals surface area contributed by atoms with Gasteiger partial charge in [-0.25, -0.2) is 8.78 Å². The molecule has 1 aromatic heterocycles. The molecule has 0 radical (unpaired) electrons. The van der Waals surface area contributed by atoms with Crippen LogP contribution in [0.5, 0.6) is 5.75 Å². The Morgan fingerprint density at radius 3 is 2.22 bits per heavy atom. The number of esters is 1. The first-order chi connectivity index (χ1) is 23.6. The molecule has 0 aliphatic heterocycles. The maximum absolute atomic E-state index is 14.5. The Bertz CT molecular complexity index is 1610. The first kappa shape index (κ1) is 40.5. The number of nitrogens with zero attached hydrogens (tertiary/aromatic N) is 1. The normalized spacial score (nSPS) is 13.0. The highest BCUT2D eigenvalue weighted by Crippen LogP contribution is 2.46. The molecule has 3 rings (SSSR count). The van der Waals surface area contributed by atoms with E-state index in [1.165, 1.54) is 7.11 Å². The summed E-state index contributed by atoms with van der Waals surface area (Å²) in [5.41, 5.74) is 4.35. The molecular weight excluding hydrogens is 659 g/mol. The summed E-state index contributed by atoms with van der Waals surface area (Å²) in [6, 6.07) is 11.4. The lowest BCUT2D eigenvalue weighted by atomic mass is 9.95. The van der Waals surface area contributed by atoms with Crippen molar-refractivity contribution >= 4 is 20.2 Å². The Labute approximate surface area is 296 Å². The van der Waals surface area contributed by atoms with E-state index >= 15 is 0 Å². The summed E-state index contributed by atoms with van der Waals surface area (Å²) < 4.78 is 51.5. The van der Waals surface area contributed by atoms with Gasteiger partial charge in [-0.15, -0.1) is 6.58 Å². The lowest BCUT2D eigenvalue weighted by Gasteiger charge is -2.44. The lowest BCUT2D eigenvalue weighted by Crippen LogP contribution is -2.49. The number of carbonyl (C=O) groups excluding carboxylic acids is 2. The van der Waals surface area contributed by atoms with E-state index in [4.69, 9.17) is 18.6 Å². The van der Waals surface area contributed by atoms with Gasteiger partial charge in [0.1, 0.15) is 12.4 Å². The van der Waals surface area contributed by atoms with Gasteiger partial charge in [-0.05, 0) is 83.9 Å². The van der Waals surface area contributed by atoms with E-state index in [1.807, 2.05) is 26.0 Å². The largest absolute Gasteiger partial charge is 0.486 e. The minimum absolute atomic E-state index is 0.149. The summed E-state index contributed by atoms with van der Waals surface area (Å²) in [7, 11) is -1.19. The van der Waals surface area contributed by atoms with Crippen molar-refractivity contribution in [1.82, 2.24) is 10.3 Å². The van der Waals surface area contributed by atoms with Crippen molar-refractivity contribution in [1.29, 1.82) is 0 Å². The van der Waals surface area contributed by atoms with Gasteiger partial charge >= 0.3 is 5.97 Å². The first-order valence-corrected chi connectivity index (χ1v) is 19.1. The van der Waals surface area contributed by atoms with E-state index in [1.54, 1.807) is 24.4 Å². The molecule has 2 atom stereocenters. The molecule has 272 valence electrons. The van der Waals surface area contributed by atoms with Crippen LogP contribution in [0.2, 0.25) is 16.6 Å². The number of halogens is 2. The van der Waals surface area contributed by atoms with Crippen LogP contribution in [0, 0.1) is 18.6 Å². The minimum Gasteiger partial charge on any atom is -0.486 e. The van der Waals surface area contributed by atoms with E-state index in [2.05, 4.69) is 58.4 Å². The van der Waals surface area contributed by atoms with Gasteiger partial charge in [-0.1, -0.05) is 59.2 Å². The predicted octanol–water partition coefficient (Wildman–Crippen LogP) is 9.45. The molecule has 0 saturated heterocycles. The van der Waals surface area contributed by atoms with Crippen molar-refractivity contribution in [2.45, 2.75) is 104 Å². The van der Waals surface area contributed by atoms with E-state index in [0.29, 0.717) is 17.5 Å². The van der Waals surface area contributed by atoms with Crippen LogP contribution >= 0.6 is 0 Å². The molecule has 50 heavy (non-hydrogen) atoms. The summed E-state index contributed by atoms with van der Waals surface area (Å²) in [6.45, 7) is 20.3. The average molecular weight is 711 g/mol. The van der Waals surface area contributed by atoms with Gasteiger partial charge in [-0.3, -0.25) is 14.6 Å². The molecule has 11 heteroatoms. The maximum atomic E-state index is 14.5. The second-order valence-corrected chi connectivity index (χ2v) is 19.2. The Balaban J connectivity index is 2.19. The van der Waals surface area contributed by atoms with Gasteiger partial charge in [0.05, 0.1) is 18.6 Å². The lowest BCUT2D eigenvalue weighted by molar-refractivity contribution is -0.156. The molecule has 1 heterocycles. The number of amides is 1. The molecule has 0 aliphatic carbocycles. The first-order valence-electron chi connectivity index (χ1n) is 17.0. The third kappa shape index (κ3) is 10.5. The molecule has 2 aromatic carbocycles. The smallest absolute Gasteiger partial charge is 0.310 e. The Hall–Kier alpha value is -3.93. The number of benzene rings is 2. The van der Waals surface area contributed by atoms with E-state index in [0.717, 1.165) is 35.0 Å².